The number of fused-ring (bicyclic) bond motifs is 1. The van der Waals surface area contributed by atoms with Crippen LogP contribution < -0.4 is 5.32 Å². The zero-order valence-corrected chi connectivity index (χ0v) is 14.3. The molecule has 0 radical (unpaired) electrons. The fourth-order valence-electron chi connectivity index (χ4n) is 4.07. The van der Waals surface area contributed by atoms with Crippen molar-refractivity contribution in [2.24, 2.45) is 5.92 Å². The number of hydrogen-bond donors (Lipinski definition) is 1. The van der Waals surface area contributed by atoms with Crippen molar-refractivity contribution in [3.05, 3.63) is 33.3 Å². The summed E-state index contributed by atoms with van der Waals surface area (Å²) < 4.78 is 0. The molecule has 1 amide bonds. The van der Waals surface area contributed by atoms with Crippen LogP contribution in [0, 0.1) is 16.0 Å². The zero-order valence-electron chi connectivity index (χ0n) is 13.5. The van der Waals surface area contributed by atoms with Gasteiger partial charge in [0, 0.05) is 17.1 Å². The van der Waals surface area contributed by atoms with Crippen molar-refractivity contribution >= 4 is 28.9 Å². The Bertz CT molecular complexity index is 636. The second-order valence-corrected chi connectivity index (χ2v) is 7.13. The van der Waals surface area contributed by atoms with Crippen LogP contribution >= 0.6 is 11.6 Å². The first-order valence-corrected chi connectivity index (χ1v) is 8.90. The summed E-state index contributed by atoms with van der Waals surface area (Å²) in [6.07, 6.45) is 7.28. The first kappa shape index (κ1) is 17.2. The summed E-state index contributed by atoms with van der Waals surface area (Å²) in [7, 11) is 0. The fourth-order valence-corrected chi connectivity index (χ4v) is 4.24. The van der Waals surface area contributed by atoms with Crippen LogP contribution in [0.4, 0.5) is 11.4 Å². The van der Waals surface area contributed by atoms with Crippen molar-refractivity contribution in [3.8, 4) is 0 Å². The number of nitro benzene ring substituents is 1. The lowest BCUT2D eigenvalue weighted by Gasteiger charge is -2.43. The average Bonchev–Trinajstić information content (AvgIpc) is 2.55. The Hall–Kier alpha value is -1.66. The van der Waals surface area contributed by atoms with Crippen molar-refractivity contribution in [2.75, 3.05) is 18.4 Å². The number of carbonyl (C=O) groups is 1. The highest BCUT2D eigenvalue weighted by atomic mass is 35.5. The van der Waals surface area contributed by atoms with Crippen molar-refractivity contribution < 1.29 is 9.72 Å². The number of benzene rings is 1. The summed E-state index contributed by atoms with van der Waals surface area (Å²) in [5.74, 6) is 0.479. The molecule has 0 bridgehead atoms. The molecule has 1 aromatic rings. The number of nitrogens with one attached hydrogen (secondary N) is 1. The molecule has 1 aromatic carbocycles. The highest BCUT2D eigenvalue weighted by Crippen LogP contribution is 2.35. The minimum Gasteiger partial charge on any atom is -0.319 e. The van der Waals surface area contributed by atoms with Crippen LogP contribution in [-0.2, 0) is 4.79 Å². The van der Waals surface area contributed by atoms with Gasteiger partial charge >= 0.3 is 0 Å². The van der Waals surface area contributed by atoms with Crippen molar-refractivity contribution in [2.45, 2.75) is 44.6 Å². The Balaban J connectivity index is 1.67. The van der Waals surface area contributed by atoms with Crippen LogP contribution in [0.5, 0.6) is 0 Å². The summed E-state index contributed by atoms with van der Waals surface area (Å²) in [6, 6.07) is 4.67. The normalized spacial score (nSPS) is 24.2. The summed E-state index contributed by atoms with van der Waals surface area (Å²) in [5, 5.41) is 14.1. The van der Waals surface area contributed by atoms with E-state index in [1.54, 1.807) is 0 Å². The van der Waals surface area contributed by atoms with E-state index in [2.05, 4.69) is 10.2 Å². The molecule has 2 aliphatic rings. The molecule has 1 aliphatic heterocycles. The lowest BCUT2D eigenvalue weighted by atomic mass is 9.78. The number of hydrogen-bond acceptors (Lipinski definition) is 4. The molecule has 1 N–H and O–H groups in total. The predicted molar refractivity (Wildman–Crippen MR) is 93.3 cm³/mol. The van der Waals surface area contributed by atoms with Gasteiger partial charge in [-0.05, 0) is 50.3 Å². The van der Waals surface area contributed by atoms with E-state index in [0.29, 0.717) is 17.0 Å². The molecule has 7 heteroatoms. The molecule has 1 saturated heterocycles. The van der Waals surface area contributed by atoms with Crippen LogP contribution in [0.25, 0.3) is 0 Å². The van der Waals surface area contributed by atoms with Gasteiger partial charge in [0.25, 0.3) is 5.69 Å². The van der Waals surface area contributed by atoms with Gasteiger partial charge in [-0.3, -0.25) is 19.8 Å². The van der Waals surface area contributed by atoms with Gasteiger partial charge in [0.1, 0.15) is 5.69 Å². The van der Waals surface area contributed by atoms with Gasteiger partial charge in [-0.2, -0.15) is 0 Å². The van der Waals surface area contributed by atoms with E-state index in [0.717, 1.165) is 19.4 Å². The molecule has 1 heterocycles. The van der Waals surface area contributed by atoms with E-state index in [4.69, 9.17) is 11.6 Å². The number of likely N-dealkylation sites (tertiary alicyclic amines) is 1. The number of anilines is 1. The quantitative estimate of drug-likeness (QED) is 0.660. The highest BCUT2D eigenvalue weighted by Gasteiger charge is 2.34. The highest BCUT2D eigenvalue weighted by molar-refractivity contribution is 6.31. The van der Waals surface area contributed by atoms with E-state index in [1.165, 1.54) is 43.9 Å². The molecule has 0 spiro atoms. The first-order chi connectivity index (χ1) is 11.5. The van der Waals surface area contributed by atoms with E-state index < -0.39 is 4.92 Å². The number of carbonyl (C=O) groups excluding carboxylic acids is 1. The molecule has 0 aromatic heterocycles. The largest absolute Gasteiger partial charge is 0.319 e. The molecular weight excluding hydrogens is 330 g/mol. The Morgan fingerprint density at radius 1 is 1.29 bits per heavy atom. The average molecular weight is 352 g/mol. The second-order valence-electron chi connectivity index (χ2n) is 6.69. The van der Waals surface area contributed by atoms with Gasteiger partial charge in [-0.15, -0.1) is 0 Å². The van der Waals surface area contributed by atoms with Gasteiger partial charge < -0.3 is 5.32 Å². The van der Waals surface area contributed by atoms with Crippen molar-refractivity contribution in [1.29, 1.82) is 0 Å². The van der Waals surface area contributed by atoms with Gasteiger partial charge in [0.15, 0.2) is 0 Å². The lowest BCUT2D eigenvalue weighted by molar-refractivity contribution is -0.383. The molecule has 3 rings (SSSR count). The molecular formula is C17H22ClN3O3. The Morgan fingerprint density at radius 3 is 2.83 bits per heavy atom. The van der Waals surface area contributed by atoms with E-state index >= 15 is 0 Å². The monoisotopic (exact) mass is 351 g/mol. The topological polar surface area (TPSA) is 75.5 Å². The zero-order chi connectivity index (χ0) is 17.1. The van der Waals surface area contributed by atoms with Gasteiger partial charge in [0.05, 0.1) is 11.5 Å². The predicted octanol–water partition coefficient (Wildman–Crippen LogP) is 3.84. The lowest BCUT2D eigenvalue weighted by Crippen LogP contribution is -2.49. The van der Waals surface area contributed by atoms with Crippen molar-refractivity contribution in [3.63, 3.8) is 0 Å². The standard InChI is InChI=1S/C17H22ClN3O3/c18-13-7-8-16(21(23)24)14(10-13)19-17(22)11-20-9-3-5-12-4-1-2-6-15(12)20/h7-8,10,12,15H,1-6,9,11H2,(H,19,22)/t12-,15+/m1/s1. The molecule has 0 unspecified atom stereocenters. The van der Waals surface area contributed by atoms with E-state index in [-0.39, 0.29) is 23.8 Å². The third kappa shape index (κ3) is 3.87. The smallest absolute Gasteiger partial charge is 0.292 e. The Morgan fingerprint density at radius 2 is 2.04 bits per heavy atom. The van der Waals surface area contributed by atoms with Crippen molar-refractivity contribution in [1.82, 2.24) is 4.90 Å². The summed E-state index contributed by atoms with van der Waals surface area (Å²) in [4.78, 5) is 25.3. The SMILES string of the molecule is O=C(CN1CCC[C@H]2CCCC[C@@H]21)Nc1cc(Cl)ccc1[N+](=O)[O-]. The number of amides is 1. The summed E-state index contributed by atoms with van der Waals surface area (Å²) in [6.45, 7) is 1.21. The molecule has 2 atom stereocenters. The van der Waals surface area contributed by atoms with E-state index in [9.17, 15) is 14.9 Å². The maximum absolute atomic E-state index is 12.4. The molecule has 1 saturated carbocycles. The fraction of sp³-hybridized carbons (Fsp3) is 0.588. The van der Waals surface area contributed by atoms with E-state index in [1.807, 2.05) is 0 Å². The van der Waals surface area contributed by atoms with Crippen LogP contribution in [0.15, 0.2) is 18.2 Å². The van der Waals surface area contributed by atoms with Gasteiger partial charge in [-0.1, -0.05) is 24.4 Å². The molecule has 2 fully saturated rings. The number of rotatable bonds is 4. The number of halogens is 1. The number of nitrogens with zero attached hydrogens (tertiary/aromatic N) is 2. The molecule has 6 nitrogen and oxygen atoms in total. The third-order valence-corrected chi connectivity index (χ3v) is 5.37. The Labute approximate surface area is 146 Å². The third-order valence-electron chi connectivity index (χ3n) is 5.13. The number of piperidine rings is 1. The van der Waals surface area contributed by atoms with Crippen LogP contribution in [0.1, 0.15) is 38.5 Å². The minimum atomic E-state index is -0.510. The minimum absolute atomic E-state index is 0.137. The van der Waals surface area contributed by atoms with Crippen LogP contribution in [-0.4, -0.2) is 34.9 Å². The maximum Gasteiger partial charge on any atom is 0.292 e. The number of nitro groups is 1. The van der Waals surface area contributed by atoms with Crippen LogP contribution in [0.2, 0.25) is 5.02 Å². The summed E-state index contributed by atoms with van der Waals surface area (Å²) >= 11 is 5.90. The summed E-state index contributed by atoms with van der Waals surface area (Å²) in [5.41, 5.74) is 0.0247. The molecule has 24 heavy (non-hydrogen) atoms. The van der Waals surface area contributed by atoms with Gasteiger partial charge in [0.2, 0.25) is 5.91 Å². The second kappa shape index (κ2) is 7.49. The first-order valence-electron chi connectivity index (χ1n) is 8.52. The maximum atomic E-state index is 12.4. The van der Waals surface area contributed by atoms with Crippen LogP contribution in [0.3, 0.4) is 0 Å². The molecule has 130 valence electrons. The molecule has 1 aliphatic carbocycles. The van der Waals surface area contributed by atoms with Gasteiger partial charge in [-0.25, -0.2) is 0 Å². The Kier molecular flexibility index (Phi) is 5.36.